The molecule has 0 aromatic heterocycles. The van der Waals surface area contributed by atoms with Gasteiger partial charge in [-0.15, -0.1) is 0 Å². The van der Waals surface area contributed by atoms with Gasteiger partial charge >= 0.3 is 0 Å². The van der Waals surface area contributed by atoms with Crippen LogP contribution >= 0.6 is 0 Å². The van der Waals surface area contributed by atoms with Gasteiger partial charge in [-0.3, -0.25) is 0 Å². The smallest absolute Gasteiger partial charge is 0.0860 e. The van der Waals surface area contributed by atoms with E-state index in [4.69, 9.17) is 20.3 Å². The Balaban J connectivity index is 3.61. The molecule has 0 radical (unpaired) electrons. The lowest BCUT2D eigenvalue weighted by Gasteiger charge is -2.26. The molecule has 80 valence electrons. The summed E-state index contributed by atoms with van der Waals surface area (Å²) in [6, 6.07) is 0. The van der Waals surface area contributed by atoms with E-state index in [0.29, 0.717) is 19.8 Å². The number of aliphatic hydroxyl groups excluding tert-OH is 1. The molecule has 0 aliphatic rings. The first-order chi connectivity index (χ1) is 6.02. The van der Waals surface area contributed by atoms with Crippen LogP contribution in [0.4, 0.5) is 0 Å². The average Bonchev–Trinajstić information content (AvgIpc) is 2.11. The highest BCUT2D eigenvalue weighted by Gasteiger charge is 2.19. The van der Waals surface area contributed by atoms with Crippen molar-refractivity contribution < 1.29 is 14.6 Å². The highest BCUT2D eigenvalue weighted by atomic mass is 16.5. The van der Waals surface area contributed by atoms with Crippen molar-refractivity contribution in [3.05, 3.63) is 0 Å². The van der Waals surface area contributed by atoms with E-state index in [0.717, 1.165) is 0 Å². The van der Waals surface area contributed by atoms with E-state index in [-0.39, 0.29) is 18.3 Å². The van der Waals surface area contributed by atoms with Crippen molar-refractivity contribution in [2.45, 2.75) is 32.5 Å². The number of nitrogens with two attached hydrogens (primary N) is 1. The van der Waals surface area contributed by atoms with Gasteiger partial charge < -0.3 is 20.3 Å². The summed E-state index contributed by atoms with van der Waals surface area (Å²) < 4.78 is 10.8. The largest absolute Gasteiger partial charge is 0.394 e. The van der Waals surface area contributed by atoms with Crippen LogP contribution < -0.4 is 5.73 Å². The molecule has 1 unspecified atom stereocenters. The van der Waals surface area contributed by atoms with Crippen molar-refractivity contribution in [3.8, 4) is 0 Å². The molecule has 4 nitrogen and oxygen atoms in total. The van der Waals surface area contributed by atoms with Gasteiger partial charge in [0.1, 0.15) is 0 Å². The minimum Gasteiger partial charge on any atom is -0.394 e. The zero-order valence-electron chi connectivity index (χ0n) is 8.75. The quantitative estimate of drug-likeness (QED) is 0.600. The van der Waals surface area contributed by atoms with E-state index in [1.165, 1.54) is 0 Å². The summed E-state index contributed by atoms with van der Waals surface area (Å²) in [6.45, 7) is 7.14. The first-order valence-corrected chi connectivity index (χ1v) is 4.58. The molecule has 0 saturated heterocycles. The lowest BCUT2D eigenvalue weighted by Crippen LogP contribution is -2.35. The van der Waals surface area contributed by atoms with Crippen molar-refractivity contribution in [1.82, 2.24) is 0 Å². The molecule has 0 saturated carbocycles. The Kier molecular flexibility index (Phi) is 6.24. The van der Waals surface area contributed by atoms with Crippen molar-refractivity contribution in [2.75, 3.05) is 26.4 Å². The minimum absolute atomic E-state index is 0.0376. The van der Waals surface area contributed by atoms with E-state index < -0.39 is 0 Å². The molecule has 0 fully saturated rings. The van der Waals surface area contributed by atoms with E-state index in [2.05, 4.69) is 0 Å². The highest BCUT2D eigenvalue weighted by Crippen LogP contribution is 2.10. The van der Waals surface area contributed by atoms with Gasteiger partial charge in [-0.05, 0) is 20.8 Å². The van der Waals surface area contributed by atoms with Crippen LogP contribution in [0.1, 0.15) is 20.8 Å². The number of aliphatic hydroxyl groups is 1. The van der Waals surface area contributed by atoms with Crippen molar-refractivity contribution in [1.29, 1.82) is 0 Å². The van der Waals surface area contributed by atoms with Crippen LogP contribution in [0.25, 0.3) is 0 Å². The van der Waals surface area contributed by atoms with Crippen LogP contribution in [0.15, 0.2) is 0 Å². The van der Waals surface area contributed by atoms with Gasteiger partial charge in [0.05, 0.1) is 31.5 Å². The number of rotatable bonds is 7. The molecule has 0 amide bonds. The highest BCUT2D eigenvalue weighted by molar-refractivity contribution is 4.68. The molecular formula is C9H21NO3. The topological polar surface area (TPSA) is 64.7 Å². The first kappa shape index (κ1) is 12.8. The summed E-state index contributed by atoms with van der Waals surface area (Å²) in [4.78, 5) is 0. The lowest BCUT2D eigenvalue weighted by molar-refractivity contribution is -0.0960. The maximum atomic E-state index is 8.57. The molecule has 4 heteroatoms. The summed E-state index contributed by atoms with van der Waals surface area (Å²) in [6.07, 6.45) is 0.0528. The van der Waals surface area contributed by atoms with Crippen LogP contribution in [-0.2, 0) is 9.47 Å². The Morgan fingerprint density at radius 2 is 2.08 bits per heavy atom. The molecule has 0 aromatic carbocycles. The molecule has 0 aliphatic heterocycles. The van der Waals surface area contributed by atoms with Crippen molar-refractivity contribution in [3.63, 3.8) is 0 Å². The molecule has 13 heavy (non-hydrogen) atoms. The predicted octanol–water partition coefficient (Wildman–Crippen LogP) is 0.138. The Bertz CT molecular complexity index is 128. The van der Waals surface area contributed by atoms with Gasteiger partial charge in [-0.25, -0.2) is 0 Å². The van der Waals surface area contributed by atoms with E-state index >= 15 is 0 Å². The second-order valence-electron chi connectivity index (χ2n) is 3.69. The van der Waals surface area contributed by atoms with E-state index in [1.807, 2.05) is 20.8 Å². The second kappa shape index (κ2) is 6.32. The predicted molar refractivity (Wildman–Crippen MR) is 51.6 cm³/mol. The molecule has 0 heterocycles. The fourth-order valence-corrected chi connectivity index (χ4v) is 0.775. The third-order valence-electron chi connectivity index (χ3n) is 1.63. The maximum Gasteiger partial charge on any atom is 0.0860 e. The molecule has 0 aromatic rings. The van der Waals surface area contributed by atoms with Crippen LogP contribution in [0.5, 0.6) is 0 Å². The molecule has 0 spiro atoms. The zero-order valence-corrected chi connectivity index (χ0v) is 8.75. The molecular weight excluding hydrogens is 170 g/mol. The lowest BCUT2D eigenvalue weighted by atomic mass is 10.1. The Morgan fingerprint density at radius 3 is 2.54 bits per heavy atom. The summed E-state index contributed by atoms with van der Waals surface area (Å²) in [5.41, 5.74) is 5.04. The van der Waals surface area contributed by atoms with E-state index in [9.17, 15) is 0 Å². The molecule has 3 N–H and O–H groups in total. The van der Waals surface area contributed by atoms with Gasteiger partial charge in [-0.2, -0.15) is 0 Å². The van der Waals surface area contributed by atoms with Crippen LogP contribution in [-0.4, -0.2) is 43.2 Å². The Labute approximate surface area is 80.0 Å². The van der Waals surface area contributed by atoms with Gasteiger partial charge in [0.2, 0.25) is 0 Å². The third kappa shape index (κ3) is 6.95. The Hall–Kier alpha value is -0.160. The van der Waals surface area contributed by atoms with E-state index in [1.54, 1.807) is 0 Å². The third-order valence-corrected chi connectivity index (χ3v) is 1.63. The molecule has 0 bridgehead atoms. The molecule has 1 atom stereocenters. The zero-order chi connectivity index (χ0) is 10.3. The van der Waals surface area contributed by atoms with Gasteiger partial charge in [0, 0.05) is 6.54 Å². The standard InChI is InChI=1S/C9H21NO3/c1-8(6-10)12-7-9(2,3)13-5-4-11/h8,11H,4-7,10H2,1-3H3. The number of ether oxygens (including phenoxy) is 2. The van der Waals surface area contributed by atoms with Crippen molar-refractivity contribution >= 4 is 0 Å². The summed E-state index contributed by atoms with van der Waals surface area (Å²) in [5, 5.41) is 8.57. The monoisotopic (exact) mass is 191 g/mol. The fourth-order valence-electron chi connectivity index (χ4n) is 0.775. The number of hydrogen-bond acceptors (Lipinski definition) is 4. The normalized spacial score (nSPS) is 14.5. The SMILES string of the molecule is CC(CN)OCC(C)(C)OCCO. The average molecular weight is 191 g/mol. The fraction of sp³-hybridized carbons (Fsp3) is 1.00. The first-order valence-electron chi connectivity index (χ1n) is 4.58. The van der Waals surface area contributed by atoms with Crippen molar-refractivity contribution in [2.24, 2.45) is 5.73 Å². The molecule has 0 rings (SSSR count). The second-order valence-corrected chi connectivity index (χ2v) is 3.69. The summed E-state index contributed by atoms with van der Waals surface area (Å²) in [7, 11) is 0. The van der Waals surface area contributed by atoms with Gasteiger partial charge in [-0.1, -0.05) is 0 Å². The molecule has 0 aliphatic carbocycles. The Morgan fingerprint density at radius 1 is 1.46 bits per heavy atom. The summed E-state index contributed by atoms with van der Waals surface area (Å²) in [5.74, 6) is 0. The van der Waals surface area contributed by atoms with Crippen LogP contribution in [0.2, 0.25) is 0 Å². The van der Waals surface area contributed by atoms with Gasteiger partial charge in [0.15, 0.2) is 0 Å². The number of hydrogen-bond donors (Lipinski definition) is 2. The van der Waals surface area contributed by atoms with Crippen LogP contribution in [0.3, 0.4) is 0 Å². The van der Waals surface area contributed by atoms with Crippen LogP contribution in [0, 0.1) is 0 Å². The summed E-state index contributed by atoms with van der Waals surface area (Å²) >= 11 is 0. The maximum absolute atomic E-state index is 8.57. The minimum atomic E-state index is -0.355. The van der Waals surface area contributed by atoms with Gasteiger partial charge in [0.25, 0.3) is 0 Å².